The summed E-state index contributed by atoms with van der Waals surface area (Å²) < 4.78 is 0. The van der Waals surface area contributed by atoms with Gasteiger partial charge in [-0.1, -0.05) is 221 Å². The van der Waals surface area contributed by atoms with Crippen molar-refractivity contribution in [2.24, 2.45) is 0 Å². The van der Waals surface area contributed by atoms with E-state index >= 15 is 0 Å². The van der Waals surface area contributed by atoms with Crippen LogP contribution < -0.4 is 0 Å². The van der Waals surface area contributed by atoms with Crippen LogP contribution in [0.4, 0.5) is 0 Å². The van der Waals surface area contributed by atoms with Crippen LogP contribution in [0.3, 0.4) is 0 Å². The minimum Gasteiger partial charge on any atom is -0.0622 e. The molecule has 0 fully saturated rings. The third-order valence-electron chi connectivity index (χ3n) is 14.3. The molecule has 0 heteroatoms. The van der Waals surface area contributed by atoms with Crippen molar-refractivity contribution in [1.29, 1.82) is 0 Å². The smallest absolute Gasteiger partial charge is 0.00261 e. The maximum absolute atomic E-state index is 2.46. The van der Waals surface area contributed by atoms with Gasteiger partial charge in [0.15, 0.2) is 0 Å². The Morgan fingerprint density at radius 2 is 0.530 bits per heavy atom. The van der Waals surface area contributed by atoms with Gasteiger partial charge in [-0.05, 0) is 166 Å². The van der Waals surface area contributed by atoms with Crippen molar-refractivity contribution in [2.45, 2.75) is 26.2 Å². The van der Waals surface area contributed by atoms with Gasteiger partial charge >= 0.3 is 0 Å². The largest absolute Gasteiger partial charge is 0.0622 e. The third-order valence-corrected chi connectivity index (χ3v) is 14.3. The van der Waals surface area contributed by atoms with Crippen LogP contribution in [0, 0.1) is 0 Å². The van der Waals surface area contributed by atoms with Gasteiger partial charge < -0.3 is 0 Å². The topological polar surface area (TPSA) is 0 Å². The Morgan fingerprint density at radius 1 is 0.212 bits per heavy atom. The molecule has 0 radical (unpaired) electrons. The molecule has 310 valence electrons. The van der Waals surface area contributed by atoms with Gasteiger partial charge in [-0.2, -0.15) is 0 Å². The van der Waals surface area contributed by atoms with Gasteiger partial charge in [0.1, 0.15) is 0 Å². The zero-order valence-corrected chi connectivity index (χ0v) is 37.4. The average Bonchev–Trinajstić information content (AvgIpc) is 3.36. The van der Waals surface area contributed by atoms with Crippen molar-refractivity contribution in [1.82, 2.24) is 0 Å². The fraction of sp³-hybridized carbons (Fsp3) is 0.0606. The molecule has 0 unspecified atom stereocenters. The molecule has 0 amide bonds. The van der Waals surface area contributed by atoms with E-state index in [9.17, 15) is 0 Å². The Bertz CT molecular complexity index is 4010. The summed E-state index contributed by atoms with van der Waals surface area (Å²) in [6, 6.07) is 84.2. The first-order valence-electron chi connectivity index (χ1n) is 23.2. The number of fused-ring (bicyclic) bond motifs is 11. The van der Waals surface area contributed by atoms with Crippen molar-refractivity contribution < 1.29 is 0 Å². The number of rotatable bonds is 4. The third kappa shape index (κ3) is 5.92. The molecule has 0 aliphatic heterocycles. The van der Waals surface area contributed by atoms with E-state index in [1.807, 2.05) is 0 Å². The van der Waals surface area contributed by atoms with Crippen molar-refractivity contribution in [3.8, 4) is 44.5 Å². The summed E-state index contributed by atoms with van der Waals surface area (Å²) in [5.74, 6) is 0. The van der Waals surface area contributed by atoms with Crippen LogP contribution >= 0.6 is 0 Å². The number of benzene rings is 13. The highest BCUT2D eigenvalue weighted by Gasteiger charge is 2.21. The van der Waals surface area contributed by atoms with E-state index < -0.39 is 0 Å². The first kappa shape index (κ1) is 38.4. The molecule has 13 aromatic carbocycles. The molecule has 0 aromatic heterocycles. The van der Waals surface area contributed by atoms with Gasteiger partial charge in [-0.25, -0.2) is 0 Å². The fourth-order valence-corrected chi connectivity index (χ4v) is 11.2. The van der Waals surface area contributed by atoms with Crippen LogP contribution in [0.25, 0.3) is 131 Å². The molecule has 0 aliphatic rings. The Hall–Kier alpha value is -8.06. The maximum Gasteiger partial charge on any atom is -0.00261 e. The summed E-state index contributed by atoms with van der Waals surface area (Å²) in [5.41, 5.74) is 11.4. The second-order valence-electron chi connectivity index (χ2n) is 19.1. The van der Waals surface area contributed by atoms with Gasteiger partial charge in [-0.15, -0.1) is 0 Å². The van der Waals surface area contributed by atoms with Crippen LogP contribution in [0.1, 0.15) is 26.3 Å². The molecular formula is C66H46. The molecule has 0 saturated carbocycles. The van der Waals surface area contributed by atoms with Gasteiger partial charge in [-0.3, -0.25) is 0 Å². The average molecular weight is 839 g/mol. The van der Waals surface area contributed by atoms with Crippen molar-refractivity contribution >= 4 is 86.2 Å². The quantitative estimate of drug-likeness (QED) is 0.122. The first-order valence-corrected chi connectivity index (χ1v) is 23.2. The summed E-state index contributed by atoms with van der Waals surface area (Å²) in [6.07, 6.45) is 0. The van der Waals surface area contributed by atoms with Crippen LogP contribution in [-0.2, 0) is 5.41 Å². The first-order chi connectivity index (χ1) is 32.4. The molecule has 0 N–H and O–H groups in total. The van der Waals surface area contributed by atoms with Crippen LogP contribution in [0.2, 0.25) is 0 Å². The zero-order valence-electron chi connectivity index (χ0n) is 37.4. The Morgan fingerprint density at radius 3 is 0.985 bits per heavy atom. The minimum atomic E-state index is 0.0535. The van der Waals surface area contributed by atoms with Crippen molar-refractivity contribution in [3.63, 3.8) is 0 Å². The van der Waals surface area contributed by atoms with Crippen molar-refractivity contribution in [2.75, 3.05) is 0 Å². The molecule has 0 bridgehead atoms. The van der Waals surface area contributed by atoms with E-state index in [1.54, 1.807) is 0 Å². The van der Waals surface area contributed by atoms with E-state index in [1.165, 1.54) is 136 Å². The monoisotopic (exact) mass is 838 g/mol. The summed E-state index contributed by atoms with van der Waals surface area (Å²) >= 11 is 0. The van der Waals surface area contributed by atoms with Gasteiger partial charge in [0, 0.05) is 0 Å². The fourth-order valence-electron chi connectivity index (χ4n) is 11.2. The molecule has 66 heavy (non-hydrogen) atoms. The molecule has 0 nitrogen and oxygen atoms in total. The van der Waals surface area contributed by atoms with E-state index in [2.05, 4.69) is 245 Å². The van der Waals surface area contributed by atoms with Gasteiger partial charge in [0.25, 0.3) is 0 Å². The highest BCUT2D eigenvalue weighted by atomic mass is 14.2. The number of hydrogen-bond donors (Lipinski definition) is 0. The maximum atomic E-state index is 2.46. The van der Waals surface area contributed by atoms with Crippen molar-refractivity contribution in [3.05, 3.63) is 230 Å². The van der Waals surface area contributed by atoms with Crippen LogP contribution in [0.15, 0.2) is 224 Å². The lowest BCUT2D eigenvalue weighted by Crippen LogP contribution is -2.10. The van der Waals surface area contributed by atoms with E-state index in [0.29, 0.717) is 0 Å². The SMILES string of the molecule is CC(C)(C)c1ccc2c3cc(-c4c5ccccc5c(-c5ccc6ccc(-c7c8ccccc8c(-c8ccccc8)c8ccccc78)cc6c5)c5ccccc45)ccc3c3ccccc3c2c1. The van der Waals surface area contributed by atoms with E-state index in [4.69, 9.17) is 0 Å². The molecule has 13 rings (SSSR count). The predicted molar refractivity (Wildman–Crippen MR) is 287 cm³/mol. The zero-order chi connectivity index (χ0) is 44.1. The Kier molecular flexibility index (Phi) is 8.58. The second-order valence-corrected chi connectivity index (χ2v) is 19.1. The van der Waals surface area contributed by atoms with Gasteiger partial charge in [0.2, 0.25) is 0 Å². The second kappa shape index (κ2) is 14.7. The summed E-state index contributed by atoms with van der Waals surface area (Å²) in [5, 5.41) is 20.4. The lowest BCUT2D eigenvalue weighted by molar-refractivity contribution is 0.591. The Balaban J connectivity index is 1.02. The van der Waals surface area contributed by atoms with Crippen LogP contribution in [-0.4, -0.2) is 0 Å². The van der Waals surface area contributed by atoms with Gasteiger partial charge in [0.05, 0.1) is 0 Å². The highest BCUT2D eigenvalue weighted by molar-refractivity contribution is 6.28. The summed E-state index contributed by atoms with van der Waals surface area (Å²) in [7, 11) is 0. The summed E-state index contributed by atoms with van der Waals surface area (Å²) in [6.45, 7) is 6.92. The Labute approximate surface area is 385 Å². The standard InChI is InChI=1S/C66H46/c1-66(2,3)47-34-36-51-60-39-45(33-35-50(60)48-19-7-8-20-49(48)61(51)40-47)65-58-27-15-13-25-56(58)64(57-26-14-16-28-59(57)65)44-32-30-41-29-31-43(37-46(41)38-44)63-54-23-11-9-21-52(54)62(42-17-5-4-6-18-42)53-22-10-12-24-55(53)63/h4-40H,1-3H3. The minimum absolute atomic E-state index is 0.0535. The van der Waals surface area contributed by atoms with E-state index in [-0.39, 0.29) is 5.41 Å². The summed E-state index contributed by atoms with van der Waals surface area (Å²) in [4.78, 5) is 0. The molecule has 13 aromatic rings. The molecular weight excluding hydrogens is 793 g/mol. The van der Waals surface area contributed by atoms with E-state index in [0.717, 1.165) is 0 Å². The highest BCUT2D eigenvalue weighted by Crippen LogP contribution is 2.48. The lowest BCUT2D eigenvalue weighted by Gasteiger charge is -2.21. The number of hydrogen-bond acceptors (Lipinski definition) is 0. The molecule has 0 spiro atoms. The normalized spacial score (nSPS) is 12.2. The molecule has 0 heterocycles. The molecule has 0 saturated heterocycles. The molecule has 0 aliphatic carbocycles. The lowest BCUT2D eigenvalue weighted by atomic mass is 9.83. The van der Waals surface area contributed by atoms with Crippen LogP contribution in [0.5, 0.6) is 0 Å². The predicted octanol–water partition coefficient (Wildman–Crippen LogP) is 18.9. The molecule has 0 atom stereocenters.